The van der Waals surface area contributed by atoms with Crippen molar-refractivity contribution in [1.29, 1.82) is 0 Å². The van der Waals surface area contributed by atoms with Gasteiger partial charge in [0.1, 0.15) is 0 Å². The summed E-state index contributed by atoms with van der Waals surface area (Å²) in [6.07, 6.45) is 3.71. The maximum absolute atomic E-state index is 12.2. The maximum atomic E-state index is 12.2. The lowest BCUT2D eigenvalue weighted by Gasteiger charge is -2.17. The Morgan fingerprint density at radius 1 is 1.24 bits per heavy atom. The molecule has 2 heterocycles. The van der Waals surface area contributed by atoms with Gasteiger partial charge in [-0.1, -0.05) is 0 Å². The largest absolute Gasteiger partial charge is 0.478 e. The van der Waals surface area contributed by atoms with Gasteiger partial charge in [0.05, 0.1) is 5.56 Å². The number of nitrogens with one attached hydrogen (secondary N) is 1. The van der Waals surface area contributed by atoms with E-state index < -0.39 is 5.97 Å². The zero-order chi connectivity index (χ0) is 14.8. The van der Waals surface area contributed by atoms with Gasteiger partial charge in [0.2, 0.25) is 5.95 Å². The lowest BCUT2D eigenvalue weighted by molar-refractivity contribution is 0.0697. The van der Waals surface area contributed by atoms with Crippen molar-refractivity contribution in [1.82, 2.24) is 9.97 Å². The van der Waals surface area contributed by atoms with Gasteiger partial charge in [-0.25, -0.2) is 19.6 Å². The van der Waals surface area contributed by atoms with E-state index in [1.165, 1.54) is 6.07 Å². The molecule has 1 aromatic heterocycles. The molecular weight excluding hydrogens is 272 g/mol. The number of carbonyl (C=O) groups excluding carboxylic acids is 1. The molecule has 0 saturated carbocycles. The van der Waals surface area contributed by atoms with Crippen LogP contribution < -0.4 is 10.2 Å². The Kier molecular flexibility index (Phi) is 3.23. The number of carboxylic acids is 1. The zero-order valence-electron chi connectivity index (χ0n) is 11.0. The third-order valence-electron chi connectivity index (χ3n) is 3.25. The average Bonchev–Trinajstić information content (AvgIpc) is 2.91. The Balaban J connectivity index is 1.81. The minimum atomic E-state index is -0.974. The maximum Gasteiger partial charge on any atom is 0.335 e. The Labute approximate surface area is 120 Å². The van der Waals surface area contributed by atoms with Crippen LogP contribution in [0.4, 0.5) is 16.4 Å². The molecule has 2 amide bonds. The van der Waals surface area contributed by atoms with E-state index >= 15 is 0 Å². The molecule has 7 nitrogen and oxygen atoms in total. The summed E-state index contributed by atoms with van der Waals surface area (Å²) in [6, 6.07) is 6.07. The second-order valence-electron chi connectivity index (χ2n) is 4.55. The first kappa shape index (κ1) is 13.0. The van der Waals surface area contributed by atoms with Crippen molar-refractivity contribution in [2.45, 2.75) is 6.42 Å². The van der Waals surface area contributed by atoms with Gasteiger partial charge in [0, 0.05) is 24.6 Å². The molecule has 1 aliphatic heterocycles. The number of benzene rings is 1. The first-order valence-corrected chi connectivity index (χ1v) is 6.37. The van der Waals surface area contributed by atoms with E-state index in [4.69, 9.17) is 5.11 Å². The minimum absolute atomic E-state index is 0.224. The molecular formula is C14H12N4O3. The van der Waals surface area contributed by atoms with Crippen molar-refractivity contribution in [2.75, 3.05) is 16.8 Å². The molecule has 0 atom stereocenters. The number of fused-ring (bicyclic) bond motifs is 1. The van der Waals surface area contributed by atoms with Crippen molar-refractivity contribution >= 4 is 23.6 Å². The molecule has 0 aliphatic carbocycles. The van der Waals surface area contributed by atoms with Gasteiger partial charge in [0.25, 0.3) is 0 Å². The molecule has 1 aliphatic rings. The van der Waals surface area contributed by atoms with Crippen molar-refractivity contribution in [3.05, 3.63) is 47.8 Å². The van der Waals surface area contributed by atoms with Crippen LogP contribution >= 0.6 is 0 Å². The number of hydrogen-bond donors (Lipinski definition) is 2. The number of hydrogen-bond acceptors (Lipinski definition) is 4. The lowest BCUT2D eigenvalue weighted by atomic mass is 10.1. The fourth-order valence-electron chi connectivity index (χ4n) is 2.27. The van der Waals surface area contributed by atoms with Crippen molar-refractivity contribution in [2.24, 2.45) is 0 Å². The highest BCUT2D eigenvalue weighted by Crippen LogP contribution is 2.29. The molecule has 1 aromatic carbocycles. The van der Waals surface area contributed by atoms with Crippen LogP contribution in [0, 0.1) is 0 Å². The van der Waals surface area contributed by atoms with Crippen molar-refractivity contribution in [3.63, 3.8) is 0 Å². The number of anilines is 2. The van der Waals surface area contributed by atoms with Crippen LogP contribution in [0.5, 0.6) is 0 Å². The van der Waals surface area contributed by atoms with E-state index in [0.29, 0.717) is 18.7 Å². The topological polar surface area (TPSA) is 95.4 Å². The summed E-state index contributed by atoms with van der Waals surface area (Å²) < 4.78 is 0. The molecule has 2 aromatic rings. The summed E-state index contributed by atoms with van der Waals surface area (Å²) >= 11 is 0. The first-order valence-electron chi connectivity index (χ1n) is 6.37. The first-order chi connectivity index (χ1) is 10.1. The fraction of sp³-hybridized carbons (Fsp3) is 0.143. The number of urea groups is 1. The monoisotopic (exact) mass is 284 g/mol. The van der Waals surface area contributed by atoms with E-state index in [1.54, 1.807) is 35.5 Å². The van der Waals surface area contributed by atoms with Gasteiger partial charge in [-0.2, -0.15) is 0 Å². The van der Waals surface area contributed by atoms with E-state index in [0.717, 1.165) is 5.56 Å². The predicted molar refractivity (Wildman–Crippen MR) is 75.5 cm³/mol. The summed E-state index contributed by atoms with van der Waals surface area (Å²) in [6.45, 7) is 0.497. The van der Waals surface area contributed by atoms with Crippen LogP contribution in [0.3, 0.4) is 0 Å². The number of nitrogens with zero attached hydrogens (tertiary/aromatic N) is 3. The minimum Gasteiger partial charge on any atom is -0.478 e. The Bertz CT molecular complexity index is 703. The van der Waals surface area contributed by atoms with Crippen LogP contribution in [0.25, 0.3) is 0 Å². The molecule has 0 saturated heterocycles. The van der Waals surface area contributed by atoms with Gasteiger partial charge in [0.15, 0.2) is 0 Å². The summed E-state index contributed by atoms with van der Waals surface area (Å²) in [7, 11) is 0. The Hall–Kier alpha value is -2.96. The highest BCUT2D eigenvalue weighted by atomic mass is 16.4. The molecule has 0 spiro atoms. The summed E-state index contributed by atoms with van der Waals surface area (Å²) in [5, 5.41) is 11.6. The fourth-order valence-corrected chi connectivity index (χ4v) is 2.27. The van der Waals surface area contributed by atoms with Crippen LogP contribution in [0.2, 0.25) is 0 Å². The van der Waals surface area contributed by atoms with E-state index in [-0.39, 0.29) is 17.5 Å². The smallest absolute Gasteiger partial charge is 0.335 e. The third-order valence-corrected chi connectivity index (χ3v) is 3.25. The number of aromatic nitrogens is 2. The molecule has 0 radical (unpaired) electrons. The Morgan fingerprint density at radius 2 is 2.00 bits per heavy atom. The molecule has 106 valence electrons. The van der Waals surface area contributed by atoms with Gasteiger partial charge < -0.3 is 5.11 Å². The SMILES string of the molecule is O=C(O)c1ccc2c(c1)CCN2C(=O)Nc1ncccn1. The standard InChI is InChI=1S/C14H12N4O3/c19-12(20)10-2-3-11-9(8-10)4-7-18(11)14(21)17-13-15-5-1-6-16-13/h1-3,5-6,8H,4,7H2,(H,19,20)(H,15,16,17,21). The molecule has 7 heteroatoms. The second-order valence-corrected chi connectivity index (χ2v) is 4.55. The van der Waals surface area contributed by atoms with Crippen molar-refractivity contribution in [3.8, 4) is 0 Å². The highest BCUT2D eigenvalue weighted by Gasteiger charge is 2.25. The highest BCUT2D eigenvalue weighted by molar-refractivity contribution is 6.02. The van der Waals surface area contributed by atoms with Crippen molar-refractivity contribution < 1.29 is 14.7 Å². The molecule has 0 fully saturated rings. The average molecular weight is 284 g/mol. The van der Waals surface area contributed by atoms with E-state index in [1.807, 2.05) is 0 Å². The molecule has 0 bridgehead atoms. The van der Waals surface area contributed by atoms with Crippen LogP contribution in [0.15, 0.2) is 36.7 Å². The number of aromatic carboxylic acids is 1. The van der Waals surface area contributed by atoms with E-state index in [9.17, 15) is 9.59 Å². The molecule has 0 unspecified atom stereocenters. The van der Waals surface area contributed by atoms with Gasteiger partial charge in [-0.05, 0) is 36.2 Å². The number of rotatable bonds is 2. The zero-order valence-corrected chi connectivity index (χ0v) is 11.0. The lowest BCUT2D eigenvalue weighted by Crippen LogP contribution is -2.33. The Morgan fingerprint density at radius 3 is 2.71 bits per heavy atom. The van der Waals surface area contributed by atoms with Crippen LogP contribution in [-0.2, 0) is 6.42 Å². The van der Waals surface area contributed by atoms with Gasteiger partial charge >= 0.3 is 12.0 Å². The predicted octanol–water partition coefficient (Wildman–Crippen LogP) is 1.77. The molecule has 21 heavy (non-hydrogen) atoms. The third kappa shape index (κ3) is 2.53. The van der Waals surface area contributed by atoms with Gasteiger partial charge in [-0.3, -0.25) is 10.2 Å². The number of amides is 2. The molecule has 3 rings (SSSR count). The van der Waals surface area contributed by atoms with Crippen LogP contribution in [-0.4, -0.2) is 33.6 Å². The van der Waals surface area contributed by atoms with Gasteiger partial charge in [-0.15, -0.1) is 0 Å². The van der Waals surface area contributed by atoms with Crippen LogP contribution in [0.1, 0.15) is 15.9 Å². The van der Waals surface area contributed by atoms with E-state index in [2.05, 4.69) is 15.3 Å². The second kappa shape index (κ2) is 5.20. The quantitative estimate of drug-likeness (QED) is 0.876. The normalized spacial score (nSPS) is 12.9. The molecule has 2 N–H and O–H groups in total. The summed E-state index contributed by atoms with van der Waals surface area (Å²) in [4.78, 5) is 32.6. The number of carboxylic acid groups (broad SMARTS) is 1. The number of carbonyl (C=O) groups is 2. The summed E-state index contributed by atoms with van der Waals surface area (Å²) in [5.41, 5.74) is 1.79. The summed E-state index contributed by atoms with van der Waals surface area (Å²) in [5.74, 6) is -0.739.